The van der Waals surface area contributed by atoms with E-state index in [-0.39, 0.29) is 6.04 Å². The Morgan fingerprint density at radius 1 is 1.19 bits per heavy atom. The number of carbonyl (C=O) groups excluding carboxylic acids is 1. The van der Waals surface area contributed by atoms with E-state index >= 15 is 0 Å². The minimum absolute atomic E-state index is 0.0775. The Morgan fingerprint density at radius 3 is 2.71 bits per heavy atom. The molecule has 0 aromatic heterocycles. The molecule has 0 bridgehead atoms. The number of benzene rings is 1. The van der Waals surface area contributed by atoms with Gasteiger partial charge in [0.15, 0.2) is 0 Å². The summed E-state index contributed by atoms with van der Waals surface area (Å²) in [6.45, 7) is 0.976. The van der Waals surface area contributed by atoms with Gasteiger partial charge in [-0.25, -0.2) is 0 Å². The van der Waals surface area contributed by atoms with Crippen molar-refractivity contribution < 1.29 is 4.79 Å². The fourth-order valence-corrected chi connectivity index (χ4v) is 3.05. The van der Waals surface area contributed by atoms with E-state index in [4.69, 9.17) is 5.26 Å². The Bertz CT molecular complexity index is 475. The molecule has 2 atom stereocenters. The fraction of sp³-hybridized carbons (Fsp3) is 0.556. The maximum Gasteiger partial charge on any atom is 0.136 e. The van der Waals surface area contributed by atoms with Gasteiger partial charge in [0.25, 0.3) is 0 Å². The van der Waals surface area contributed by atoms with Crippen molar-refractivity contribution >= 4 is 6.29 Å². The molecule has 2 rings (SSSR count). The van der Waals surface area contributed by atoms with Gasteiger partial charge in [0.05, 0.1) is 17.7 Å². The van der Waals surface area contributed by atoms with Crippen LogP contribution in [0.4, 0.5) is 0 Å². The number of aldehydes is 1. The summed E-state index contributed by atoms with van der Waals surface area (Å²) < 4.78 is 0. The SMILES string of the molecule is N#Cc1ccc(CCCCC2CCNC(C=O)CC2)cc1. The van der Waals surface area contributed by atoms with E-state index in [9.17, 15) is 4.79 Å². The second-order valence-electron chi connectivity index (χ2n) is 5.98. The second-order valence-corrected chi connectivity index (χ2v) is 5.98. The largest absolute Gasteiger partial charge is 0.308 e. The lowest BCUT2D eigenvalue weighted by molar-refractivity contribution is -0.109. The quantitative estimate of drug-likeness (QED) is 0.644. The Balaban J connectivity index is 1.65. The number of rotatable bonds is 6. The molecule has 1 aromatic carbocycles. The predicted octanol–water partition coefficient (Wildman–Crippen LogP) is 3.23. The molecule has 1 aliphatic rings. The van der Waals surface area contributed by atoms with Crippen molar-refractivity contribution in [2.45, 2.75) is 51.0 Å². The number of hydrogen-bond donors (Lipinski definition) is 1. The van der Waals surface area contributed by atoms with Crippen molar-refractivity contribution in [1.82, 2.24) is 5.32 Å². The van der Waals surface area contributed by atoms with Crippen LogP contribution in [0.1, 0.15) is 49.7 Å². The lowest BCUT2D eigenvalue weighted by atomic mass is 9.92. The first kappa shape index (κ1) is 15.7. The monoisotopic (exact) mass is 284 g/mol. The van der Waals surface area contributed by atoms with Gasteiger partial charge in [-0.05, 0) is 62.3 Å². The third-order valence-electron chi connectivity index (χ3n) is 4.42. The lowest BCUT2D eigenvalue weighted by Crippen LogP contribution is -2.29. The Kier molecular flexibility index (Phi) is 6.43. The molecule has 0 amide bonds. The number of hydrogen-bond acceptors (Lipinski definition) is 3. The molecule has 1 aromatic rings. The second kappa shape index (κ2) is 8.59. The zero-order chi connectivity index (χ0) is 14.9. The van der Waals surface area contributed by atoms with Crippen LogP contribution in [-0.2, 0) is 11.2 Å². The van der Waals surface area contributed by atoms with Gasteiger partial charge in [-0.3, -0.25) is 0 Å². The minimum atomic E-state index is 0.0775. The number of nitriles is 1. The molecule has 1 N–H and O–H groups in total. The van der Waals surface area contributed by atoms with Crippen molar-refractivity contribution in [3.05, 3.63) is 35.4 Å². The topological polar surface area (TPSA) is 52.9 Å². The number of carbonyl (C=O) groups is 1. The number of aryl methyl sites for hydroxylation is 1. The summed E-state index contributed by atoms with van der Waals surface area (Å²) in [5.41, 5.74) is 2.05. The molecule has 1 heterocycles. The Morgan fingerprint density at radius 2 is 2.00 bits per heavy atom. The van der Waals surface area contributed by atoms with Crippen molar-refractivity contribution in [1.29, 1.82) is 5.26 Å². The highest BCUT2D eigenvalue weighted by molar-refractivity contribution is 5.57. The van der Waals surface area contributed by atoms with Crippen LogP contribution in [0.5, 0.6) is 0 Å². The molecule has 3 heteroatoms. The normalized spacial score (nSPS) is 22.2. The van der Waals surface area contributed by atoms with E-state index in [0.29, 0.717) is 0 Å². The van der Waals surface area contributed by atoms with Gasteiger partial charge in [-0.2, -0.15) is 5.26 Å². The maximum absolute atomic E-state index is 10.8. The predicted molar refractivity (Wildman–Crippen MR) is 83.9 cm³/mol. The molecule has 0 spiro atoms. The van der Waals surface area contributed by atoms with E-state index in [1.165, 1.54) is 37.7 Å². The van der Waals surface area contributed by atoms with Crippen LogP contribution in [0.2, 0.25) is 0 Å². The van der Waals surface area contributed by atoms with E-state index < -0.39 is 0 Å². The highest BCUT2D eigenvalue weighted by Crippen LogP contribution is 2.22. The summed E-state index contributed by atoms with van der Waals surface area (Å²) in [5.74, 6) is 0.767. The molecule has 21 heavy (non-hydrogen) atoms. The van der Waals surface area contributed by atoms with Gasteiger partial charge in [0, 0.05) is 0 Å². The highest BCUT2D eigenvalue weighted by atomic mass is 16.1. The number of nitrogens with zero attached hydrogens (tertiary/aromatic N) is 1. The number of nitrogens with one attached hydrogen (secondary N) is 1. The van der Waals surface area contributed by atoms with Gasteiger partial charge in [0.2, 0.25) is 0 Å². The third kappa shape index (κ3) is 5.32. The fourth-order valence-electron chi connectivity index (χ4n) is 3.05. The summed E-state index contributed by atoms with van der Waals surface area (Å²) in [5, 5.41) is 12.1. The first-order chi connectivity index (χ1) is 10.3. The van der Waals surface area contributed by atoms with Gasteiger partial charge in [-0.15, -0.1) is 0 Å². The zero-order valence-corrected chi connectivity index (χ0v) is 12.6. The van der Waals surface area contributed by atoms with Crippen LogP contribution >= 0.6 is 0 Å². The van der Waals surface area contributed by atoms with E-state index in [2.05, 4.69) is 23.5 Å². The molecule has 0 radical (unpaired) electrons. The van der Waals surface area contributed by atoms with Crippen molar-refractivity contribution in [3.63, 3.8) is 0 Å². The number of unbranched alkanes of at least 4 members (excludes halogenated alkanes) is 1. The lowest BCUT2D eigenvalue weighted by Gasteiger charge is -2.13. The van der Waals surface area contributed by atoms with Crippen LogP contribution in [0.25, 0.3) is 0 Å². The molecule has 0 aliphatic carbocycles. The van der Waals surface area contributed by atoms with Crippen LogP contribution < -0.4 is 5.32 Å². The molecular weight excluding hydrogens is 260 g/mol. The van der Waals surface area contributed by atoms with E-state index in [1.807, 2.05) is 12.1 Å². The first-order valence-electron chi connectivity index (χ1n) is 7.99. The molecular formula is C18H24N2O. The van der Waals surface area contributed by atoms with Crippen molar-refractivity contribution in [2.24, 2.45) is 5.92 Å². The van der Waals surface area contributed by atoms with Gasteiger partial charge in [0.1, 0.15) is 6.29 Å². The zero-order valence-electron chi connectivity index (χ0n) is 12.6. The Hall–Kier alpha value is -1.66. The van der Waals surface area contributed by atoms with Gasteiger partial charge in [-0.1, -0.05) is 25.0 Å². The van der Waals surface area contributed by atoms with Crippen molar-refractivity contribution in [2.75, 3.05) is 6.54 Å². The van der Waals surface area contributed by atoms with Crippen LogP contribution in [0.3, 0.4) is 0 Å². The van der Waals surface area contributed by atoms with Gasteiger partial charge < -0.3 is 10.1 Å². The molecule has 3 nitrogen and oxygen atoms in total. The summed E-state index contributed by atoms with van der Waals surface area (Å²) >= 11 is 0. The minimum Gasteiger partial charge on any atom is -0.308 e. The standard InChI is InChI=1S/C18H24N2O/c19-13-17-7-5-15(6-8-17)3-1-2-4-16-9-10-18(14-21)20-12-11-16/h5-8,14,16,18,20H,1-4,9-12H2. The van der Waals surface area contributed by atoms with Crippen LogP contribution in [0, 0.1) is 17.2 Å². The molecule has 112 valence electrons. The van der Waals surface area contributed by atoms with E-state index in [1.54, 1.807) is 0 Å². The highest BCUT2D eigenvalue weighted by Gasteiger charge is 2.17. The molecule has 2 unspecified atom stereocenters. The van der Waals surface area contributed by atoms with E-state index in [0.717, 1.165) is 37.2 Å². The average molecular weight is 284 g/mol. The maximum atomic E-state index is 10.8. The van der Waals surface area contributed by atoms with Crippen molar-refractivity contribution in [3.8, 4) is 6.07 Å². The third-order valence-corrected chi connectivity index (χ3v) is 4.42. The van der Waals surface area contributed by atoms with Crippen LogP contribution in [-0.4, -0.2) is 18.9 Å². The molecule has 0 saturated carbocycles. The molecule has 1 saturated heterocycles. The summed E-state index contributed by atoms with van der Waals surface area (Å²) in [4.78, 5) is 10.8. The molecule has 1 aliphatic heterocycles. The summed E-state index contributed by atoms with van der Waals surface area (Å²) in [7, 11) is 0. The average Bonchev–Trinajstić information content (AvgIpc) is 2.77. The summed E-state index contributed by atoms with van der Waals surface area (Å²) in [6.07, 6.45) is 9.21. The smallest absolute Gasteiger partial charge is 0.136 e. The Labute approximate surface area is 127 Å². The molecule has 1 fully saturated rings. The first-order valence-corrected chi connectivity index (χ1v) is 7.99. The van der Waals surface area contributed by atoms with Crippen LogP contribution in [0.15, 0.2) is 24.3 Å². The summed E-state index contributed by atoms with van der Waals surface area (Å²) in [6, 6.07) is 10.1. The van der Waals surface area contributed by atoms with Gasteiger partial charge >= 0.3 is 0 Å².